The molecule has 1 aliphatic carbocycles. The van der Waals surface area contributed by atoms with Crippen LogP contribution < -0.4 is 4.90 Å². The van der Waals surface area contributed by atoms with Crippen LogP contribution in [0.15, 0.2) is 47.6 Å². The first-order valence-corrected chi connectivity index (χ1v) is 10.3. The first-order chi connectivity index (χ1) is 13.6. The molecule has 1 atom stereocenters. The number of nitrogens with zero attached hydrogens (tertiary/aromatic N) is 3. The Kier molecular flexibility index (Phi) is 5.83. The quantitative estimate of drug-likeness (QED) is 0.608. The summed E-state index contributed by atoms with van der Waals surface area (Å²) in [6, 6.07) is 12.8. The van der Waals surface area contributed by atoms with E-state index in [2.05, 4.69) is 27.1 Å². The highest BCUT2D eigenvalue weighted by Gasteiger charge is 2.30. The number of hydrogen-bond donors (Lipinski definition) is 1. The highest BCUT2D eigenvalue weighted by molar-refractivity contribution is 6.30. The zero-order valence-electron chi connectivity index (χ0n) is 15.8. The van der Waals surface area contributed by atoms with Crippen LogP contribution in [0, 0.1) is 11.7 Å². The van der Waals surface area contributed by atoms with Crippen molar-refractivity contribution in [3.05, 3.63) is 64.4 Å². The molecule has 1 unspecified atom stereocenters. The van der Waals surface area contributed by atoms with Gasteiger partial charge in [-0.3, -0.25) is 0 Å². The van der Waals surface area contributed by atoms with Crippen molar-refractivity contribution in [2.45, 2.75) is 19.3 Å². The molecule has 0 spiro atoms. The van der Waals surface area contributed by atoms with Gasteiger partial charge in [-0.15, -0.1) is 0 Å². The minimum atomic E-state index is -0.230. The molecule has 6 heteroatoms. The average Bonchev–Trinajstić information content (AvgIpc) is 2.87. The minimum absolute atomic E-state index is 0.150. The van der Waals surface area contributed by atoms with E-state index < -0.39 is 0 Å². The number of anilines is 1. The second kappa shape index (κ2) is 8.50. The summed E-state index contributed by atoms with van der Waals surface area (Å²) in [5.74, 6) is -0.0797. The van der Waals surface area contributed by atoms with Crippen LogP contribution >= 0.6 is 11.6 Å². The Morgan fingerprint density at radius 2 is 1.89 bits per heavy atom. The molecule has 2 aliphatic rings. The van der Waals surface area contributed by atoms with Crippen LogP contribution in [0.1, 0.15) is 24.0 Å². The third-order valence-corrected chi connectivity index (χ3v) is 6.13. The second-order valence-corrected chi connectivity index (χ2v) is 8.07. The number of benzene rings is 2. The fraction of sp³-hybridized carbons (Fsp3) is 0.409. The Bertz CT molecular complexity index is 855. The van der Waals surface area contributed by atoms with Crippen molar-refractivity contribution in [2.75, 3.05) is 37.6 Å². The van der Waals surface area contributed by atoms with Crippen molar-refractivity contribution >= 4 is 23.0 Å². The van der Waals surface area contributed by atoms with Crippen LogP contribution in [0.5, 0.6) is 0 Å². The molecule has 0 aromatic heterocycles. The van der Waals surface area contributed by atoms with Crippen LogP contribution in [0.3, 0.4) is 0 Å². The van der Waals surface area contributed by atoms with Crippen molar-refractivity contribution in [3.8, 4) is 0 Å². The summed E-state index contributed by atoms with van der Waals surface area (Å²) in [5.41, 5.74) is 3.75. The van der Waals surface area contributed by atoms with Crippen molar-refractivity contribution < 1.29 is 9.60 Å². The maximum absolute atomic E-state index is 13.5. The topological polar surface area (TPSA) is 39.1 Å². The summed E-state index contributed by atoms with van der Waals surface area (Å²) in [5, 5.41) is 13.8. The lowest BCUT2D eigenvalue weighted by Gasteiger charge is -2.24. The van der Waals surface area contributed by atoms with Gasteiger partial charge < -0.3 is 15.0 Å². The average molecular weight is 402 g/mol. The summed E-state index contributed by atoms with van der Waals surface area (Å²) in [6.45, 7) is 5.04. The molecule has 0 saturated carbocycles. The lowest BCUT2D eigenvalue weighted by Crippen LogP contribution is -2.32. The fourth-order valence-electron chi connectivity index (χ4n) is 4.38. The van der Waals surface area contributed by atoms with Gasteiger partial charge >= 0.3 is 0 Å². The van der Waals surface area contributed by atoms with Crippen molar-refractivity contribution in [1.29, 1.82) is 0 Å². The molecule has 1 aliphatic heterocycles. The predicted molar refractivity (Wildman–Crippen MR) is 111 cm³/mol. The van der Waals surface area contributed by atoms with Gasteiger partial charge in [0.15, 0.2) is 0 Å². The predicted octanol–water partition coefficient (Wildman–Crippen LogP) is 4.43. The Morgan fingerprint density at radius 1 is 1.07 bits per heavy atom. The standard InChI is InChI=1S/C22H25ClFN3O/c23-18-2-5-20(6-3-18)27-10-1-9-26(12-13-27)11-8-16-14-17-15-19(24)4-7-21(17)22(16)25-28/h2-7,15-16,28H,1,8-14H2/b25-22+. The van der Waals surface area contributed by atoms with Crippen LogP contribution in [0.25, 0.3) is 0 Å². The largest absolute Gasteiger partial charge is 0.411 e. The number of hydrogen-bond acceptors (Lipinski definition) is 4. The molecule has 1 saturated heterocycles. The number of fused-ring (bicyclic) bond motifs is 1. The van der Waals surface area contributed by atoms with Gasteiger partial charge in [0, 0.05) is 41.8 Å². The number of rotatable bonds is 4. The van der Waals surface area contributed by atoms with Gasteiger partial charge in [0.1, 0.15) is 5.82 Å². The molecular weight excluding hydrogens is 377 g/mol. The van der Waals surface area contributed by atoms with Crippen LogP contribution in [-0.2, 0) is 6.42 Å². The van der Waals surface area contributed by atoms with Gasteiger partial charge in [0.05, 0.1) is 5.71 Å². The Hall–Kier alpha value is -2.11. The molecule has 0 radical (unpaired) electrons. The van der Waals surface area contributed by atoms with E-state index >= 15 is 0 Å². The van der Waals surface area contributed by atoms with Crippen molar-refractivity contribution in [1.82, 2.24) is 4.90 Å². The van der Waals surface area contributed by atoms with E-state index in [1.165, 1.54) is 11.8 Å². The Balaban J connectivity index is 1.34. The third kappa shape index (κ3) is 4.15. The van der Waals surface area contributed by atoms with Gasteiger partial charge in [-0.2, -0.15) is 0 Å². The fourth-order valence-corrected chi connectivity index (χ4v) is 4.51. The third-order valence-electron chi connectivity index (χ3n) is 5.88. The molecule has 1 fully saturated rings. The first-order valence-electron chi connectivity index (χ1n) is 9.87. The summed E-state index contributed by atoms with van der Waals surface area (Å²) >= 11 is 6.00. The summed E-state index contributed by atoms with van der Waals surface area (Å²) in [6.07, 6.45) is 2.77. The van der Waals surface area contributed by atoms with Crippen molar-refractivity contribution in [2.24, 2.45) is 11.1 Å². The lowest BCUT2D eigenvalue weighted by atomic mass is 10.00. The molecule has 4 nitrogen and oxygen atoms in total. The van der Waals surface area contributed by atoms with Crippen LogP contribution in [-0.4, -0.2) is 48.5 Å². The first kappa shape index (κ1) is 19.2. The van der Waals surface area contributed by atoms with E-state index in [0.29, 0.717) is 5.71 Å². The zero-order chi connectivity index (χ0) is 19.5. The van der Waals surface area contributed by atoms with E-state index in [9.17, 15) is 9.60 Å². The molecule has 1 N–H and O–H groups in total. The smallest absolute Gasteiger partial charge is 0.123 e. The van der Waals surface area contributed by atoms with Gasteiger partial charge in [0.25, 0.3) is 0 Å². The van der Waals surface area contributed by atoms with E-state index in [0.717, 1.165) is 68.1 Å². The molecule has 0 bridgehead atoms. The molecule has 28 heavy (non-hydrogen) atoms. The minimum Gasteiger partial charge on any atom is -0.411 e. The van der Waals surface area contributed by atoms with E-state index in [-0.39, 0.29) is 11.7 Å². The number of halogens is 2. The zero-order valence-corrected chi connectivity index (χ0v) is 16.6. The van der Waals surface area contributed by atoms with Gasteiger partial charge in [0.2, 0.25) is 0 Å². The molecule has 2 aromatic rings. The Morgan fingerprint density at radius 3 is 2.68 bits per heavy atom. The molecule has 1 heterocycles. The van der Waals surface area contributed by atoms with Gasteiger partial charge in [-0.1, -0.05) is 16.8 Å². The van der Waals surface area contributed by atoms with E-state index in [1.807, 2.05) is 12.1 Å². The lowest BCUT2D eigenvalue weighted by molar-refractivity contribution is 0.276. The normalized spacial score (nSPS) is 21.7. The highest BCUT2D eigenvalue weighted by Crippen LogP contribution is 2.30. The van der Waals surface area contributed by atoms with Crippen LogP contribution in [0.4, 0.5) is 10.1 Å². The van der Waals surface area contributed by atoms with E-state index in [4.69, 9.17) is 11.6 Å². The summed E-state index contributed by atoms with van der Waals surface area (Å²) in [7, 11) is 0. The molecule has 2 aromatic carbocycles. The molecule has 0 amide bonds. The number of oxime groups is 1. The van der Waals surface area contributed by atoms with Crippen LogP contribution in [0.2, 0.25) is 5.02 Å². The van der Waals surface area contributed by atoms with Gasteiger partial charge in [-0.05, 0) is 80.4 Å². The SMILES string of the molecule is O/N=C1/c2ccc(F)cc2CC1CCN1CCCN(c2ccc(Cl)cc2)CC1. The summed E-state index contributed by atoms with van der Waals surface area (Å²) in [4.78, 5) is 4.89. The van der Waals surface area contributed by atoms with E-state index in [1.54, 1.807) is 12.1 Å². The highest BCUT2D eigenvalue weighted by atomic mass is 35.5. The summed E-state index contributed by atoms with van der Waals surface area (Å²) < 4.78 is 13.5. The monoisotopic (exact) mass is 401 g/mol. The molecule has 148 valence electrons. The van der Waals surface area contributed by atoms with Crippen molar-refractivity contribution in [3.63, 3.8) is 0 Å². The maximum atomic E-state index is 13.5. The molecule has 4 rings (SSSR count). The maximum Gasteiger partial charge on any atom is 0.123 e. The molecular formula is C22H25ClFN3O. The second-order valence-electron chi connectivity index (χ2n) is 7.64. The Labute approximate surface area is 170 Å². The van der Waals surface area contributed by atoms with Gasteiger partial charge in [-0.25, -0.2) is 4.39 Å².